The van der Waals surface area contributed by atoms with Crippen molar-refractivity contribution in [3.63, 3.8) is 0 Å². The number of carbonyl (C=O) groups is 1. The van der Waals surface area contributed by atoms with Gasteiger partial charge in [-0.1, -0.05) is 13.8 Å². The number of rotatable bonds is 8. The van der Waals surface area contributed by atoms with Gasteiger partial charge in [0.05, 0.1) is 24.2 Å². The molecule has 1 N–H and O–H groups in total. The Kier molecular flexibility index (Phi) is 6.91. The van der Waals surface area contributed by atoms with E-state index in [2.05, 4.69) is 5.32 Å². The van der Waals surface area contributed by atoms with Crippen molar-refractivity contribution in [2.45, 2.75) is 52.0 Å². The lowest BCUT2D eigenvalue weighted by atomic mass is 9.84. The Bertz CT molecular complexity index is 899. The van der Waals surface area contributed by atoms with Gasteiger partial charge < -0.3 is 19.7 Å². The van der Waals surface area contributed by atoms with Crippen molar-refractivity contribution < 1.29 is 19.2 Å². The standard InChI is InChI=1S/C21H27N3O5S/c1-4-9-28-17-12-18(29-10-5-2)15(24(26)27)11-13(17)20-19-14(7-6-8-16(19)25)23(3)21(30)22-20/h11-12,20H,4-10H2,1-3H3,(H,22,30). The molecule has 0 fully saturated rings. The average molecular weight is 434 g/mol. The van der Waals surface area contributed by atoms with E-state index < -0.39 is 11.0 Å². The van der Waals surface area contributed by atoms with Gasteiger partial charge >= 0.3 is 5.69 Å². The molecule has 8 nitrogen and oxygen atoms in total. The van der Waals surface area contributed by atoms with Crippen molar-refractivity contribution in [1.29, 1.82) is 0 Å². The van der Waals surface area contributed by atoms with E-state index in [1.165, 1.54) is 6.07 Å². The molecule has 0 spiro atoms. The van der Waals surface area contributed by atoms with Gasteiger partial charge in [-0.15, -0.1) is 0 Å². The van der Waals surface area contributed by atoms with Crippen LogP contribution in [-0.2, 0) is 4.79 Å². The zero-order valence-electron chi connectivity index (χ0n) is 17.5. The van der Waals surface area contributed by atoms with Crippen LogP contribution in [0.5, 0.6) is 11.5 Å². The summed E-state index contributed by atoms with van der Waals surface area (Å²) in [4.78, 5) is 26.0. The molecule has 9 heteroatoms. The normalized spacial score (nSPS) is 18.8. The minimum atomic E-state index is -0.595. The number of allylic oxidation sites excluding steroid dienone is 1. The average Bonchev–Trinajstić information content (AvgIpc) is 2.73. The number of nitrogens with one attached hydrogen (secondary N) is 1. The van der Waals surface area contributed by atoms with Gasteiger partial charge in [0, 0.05) is 42.4 Å². The first-order chi connectivity index (χ1) is 14.4. The number of hydrogen-bond acceptors (Lipinski definition) is 6. The van der Waals surface area contributed by atoms with E-state index in [9.17, 15) is 14.9 Å². The Morgan fingerprint density at radius 2 is 1.87 bits per heavy atom. The molecule has 3 rings (SSSR count). The molecule has 162 valence electrons. The third-order valence-electron chi connectivity index (χ3n) is 5.22. The summed E-state index contributed by atoms with van der Waals surface area (Å²) in [7, 11) is 1.83. The zero-order chi connectivity index (χ0) is 21.8. The van der Waals surface area contributed by atoms with Crippen LogP contribution in [0.3, 0.4) is 0 Å². The van der Waals surface area contributed by atoms with Crippen LogP contribution in [-0.4, -0.2) is 41.0 Å². The highest BCUT2D eigenvalue weighted by molar-refractivity contribution is 7.80. The first kappa shape index (κ1) is 22.0. The van der Waals surface area contributed by atoms with Crippen LogP contribution < -0.4 is 14.8 Å². The number of nitro groups is 1. The van der Waals surface area contributed by atoms with E-state index >= 15 is 0 Å². The molecule has 1 unspecified atom stereocenters. The summed E-state index contributed by atoms with van der Waals surface area (Å²) >= 11 is 5.48. The second kappa shape index (κ2) is 9.42. The Morgan fingerprint density at radius 3 is 2.50 bits per heavy atom. The van der Waals surface area contributed by atoms with Crippen LogP contribution in [0.15, 0.2) is 23.4 Å². The molecule has 30 heavy (non-hydrogen) atoms. The molecule has 0 radical (unpaired) electrons. The third kappa shape index (κ3) is 4.26. The van der Waals surface area contributed by atoms with E-state index in [0.29, 0.717) is 41.6 Å². The first-order valence-corrected chi connectivity index (χ1v) is 10.7. The summed E-state index contributed by atoms with van der Waals surface area (Å²) in [5.74, 6) is 0.651. The van der Waals surface area contributed by atoms with E-state index in [1.54, 1.807) is 6.07 Å². The minimum Gasteiger partial charge on any atom is -0.493 e. The molecular weight excluding hydrogens is 406 g/mol. The molecule has 0 amide bonds. The molecule has 0 aromatic heterocycles. The number of carbonyl (C=O) groups excluding carboxylic acids is 1. The van der Waals surface area contributed by atoms with Gasteiger partial charge in [0.15, 0.2) is 10.9 Å². The number of thiocarbonyl (C=S) groups is 1. The first-order valence-electron chi connectivity index (χ1n) is 10.3. The molecule has 1 aromatic carbocycles. The van der Waals surface area contributed by atoms with E-state index in [0.717, 1.165) is 31.4 Å². The molecule has 0 saturated heterocycles. The minimum absolute atomic E-state index is 0.0264. The van der Waals surface area contributed by atoms with Gasteiger partial charge in [0.2, 0.25) is 5.75 Å². The number of benzene rings is 1. The van der Waals surface area contributed by atoms with Gasteiger partial charge in [-0.05, 0) is 37.9 Å². The van der Waals surface area contributed by atoms with Gasteiger partial charge in [-0.25, -0.2) is 0 Å². The van der Waals surface area contributed by atoms with Crippen molar-refractivity contribution in [3.05, 3.63) is 39.1 Å². The van der Waals surface area contributed by atoms with Gasteiger partial charge in [0.1, 0.15) is 5.75 Å². The molecule has 1 aromatic rings. The summed E-state index contributed by atoms with van der Waals surface area (Å²) in [5, 5.41) is 15.4. The van der Waals surface area contributed by atoms with Gasteiger partial charge in [-0.2, -0.15) is 0 Å². The maximum atomic E-state index is 12.8. The lowest BCUT2D eigenvalue weighted by molar-refractivity contribution is -0.386. The van der Waals surface area contributed by atoms with Crippen molar-refractivity contribution in [2.75, 3.05) is 20.3 Å². The van der Waals surface area contributed by atoms with Crippen LogP contribution in [0.1, 0.15) is 57.6 Å². The molecule has 0 bridgehead atoms. The van der Waals surface area contributed by atoms with E-state index in [1.807, 2.05) is 25.8 Å². The second-order valence-electron chi connectivity index (χ2n) is 7.39. The highest BCUT2D eigenvalue weighted by Crippen LogP contribution is 2.43. The van der Waals surface area contributed by atoms with Crippen molar-refractivity contribution in [1.82, 2.24) is 10.2 Å². The van der Waals surface area contributed by atoms with Gasteiger partial charge in [0.25, 0.3) is 0 Å². The topological polar surface area (TPSA) is 93.9 Å². The highest BCUT2D eigenvalue weighted by Gasteiger charge is 2.38. The summed E-state index contributed by atoms with van der Waals surface area (Å²) in [6, 6.07) is 2.42. The maximum absolute atomic E-state index is 12.8. The quantitative estimate of drug-likeness (QED) is 0.373. The number of Topliss-reactive ketones (excluding diaryl/α,β-unsaturated/α-hetero) is 1. The fourth-order valence-electron chi connectivity index (χ4n) is 3.77. The maximum Gasteiger partial charge on any atom is 0.311 e. The Labute approximate surface area is 181 Å². The Morgan fingerprint density at radius 1 is 1.20 bits per heavy atom. The van der Waals surface area contributed by atoms with Crippen LogP contribution >= 0.6 is 12.2 Å². The molecule has 1 aliphatic heterocycles. The SMILES string of the molecule is CCCOc1cc(OCCC)c([N+](=O)[O-])cc1C1NC(=S)N(C)C2=C1C(=O)CCC2. The largest absolute Gasteiger partial charge is 0.493 e. The van der Waals surface area contributed by atoms with Crippen LogP contribution in [0.2, 0.25) is 0 Å². The van der Waals surface area contributed by atoms with Crippen LogP contribution in [0.25, 0.3) is 0 Å². The number of ether oxygens (including phenoxy) is 2. The number of nitro benzene ring substituents is 1. The van der Waals surface area contributed by atoms with Gasteiger partial charge in [-0.3, -0.25) is 14.9 Å². The highest BCUT2D eigenvalue weighted by atomic mass is 32.1. The molecule has 0 saturated carbocycles. The fraction of sp³-hybridized carbons (Fsp3) is 0.524. The molecule has 1 atom stereocenters. The number of ketones is 1. The fourth-order valence-corrected chi connectivity index (χ4v) is 4.00. The predicted molar refractivity (Wildman–Crippen MR) is 117 cm³/mol. The predicted octanol–water partition coefficient (Wildman–Crippen LogP) is 4.04. The zero-order valence-corrected chi connectivity index (χ0v) is 18.3. The van der Waals surface area contributed by atoms with Crippen LogP contribution in [0.4, 0.5) is 5.69 Å². The third-order valence-corrected chi connectivity index (χ3v) is 5.61. The van der Waals surface area contributed by atoms with E-state index in [4.69, 9.17) is 21.7 Å². The Hall–Kier alpha value is -2.68. The smallest absolute Gasteiger partial charge is 0.311 e. The number of hydrogen-bond donors (Lipinski definition) is 1. The van der Waals surface area contributed by atoms with Crippen molar-refractivity contribution in [3.8, 4) is 11.5 Å². The molecule has 1 aliphatic carbocycles. The van der Waals surface area contributed by atoms with Crippen molar-refractivity contribution >= 4 is 28.8 Å². The summed E-state index contributed by atoms with van der Waals surface area (Å²) in [6.45, 7) is 4.71. The summed E-state index contributed by atoms with van der Waals surface area (Å²) in [5.41, 5.74) is 1.85. The molecular formula is C21H27N3O5S. The monoisotopic (exact) mass is 433 g/mol. The molecule has 1 heterocycles. The lowest BCUT2D eigenvalue weighted by Gasteiger charge is -2.39. The summed E-state index contributed by atoms with van der Waals surface area (Å²) in [6.07, 6.45) is 3.44. The number of nitrogens with zero attached hydrogens (tertiary/aromatic N) is 2. The molecule has 2 aliphatic rings. The lowest BCUT2D eigenvalue weighted by Crippen LogP contribution is -2.47. The Balaban J connectivity index is 2.17. The summed E-state index contributed by atoms with van der Waals surface area (Å²) < 4.78 is 11.6. The van der Waals surface area contributed by atoms with E-state index in [-0.39, 0.29) is 17.2 Å². The van der Waals surface area contributed by atoms with Crippen molar-refractivity contribution in [2.24, 2.45) is 0 Å². The van der Waals surface area contributed by atoms with Crippen LogP contribution in [0, 0.1) is 10.1 Å². The second-order valence-corrected chi connectivity index (χ2v) is 7.78.